The molecule has 1 N–H and O–H groups in total. The van der Waals surface area contributed by atoms with Crippen molar-refractivity contribution >= 4 is 94.6 Å². The molecule has 0 spiro atoms. The van der Waals surface area contributed by atoms with Crippen LogP contribution in [0.1, 0.15) is 0 Å². The van der Waals surface area contributed by atoms with Gasteiger partial charge in [-0.1, -0.05) is 0 Å². The van der Waals surface area contributed by atoms with E-state index < -0.39 is 169 Å². The van der Waals surface area contributed by atoms with Crippen LogP contribution < -0.4 is 462 Å². The van der Waals surface area contributed by atoms with Gasteiger partial charge in [0.05, 0.1) is 31.2 Å². The van der Waals surface area contributed by atoms with Crippen molar-refractivity contribution in [3.05, 3.63) is 0 Å². The summed E-state index contributed by atoms with van der Waals surface area (Å²) < 4.78 is 341. The third-order valence-electron chi connectivity index (χ3n) is 5.43. The van der Waals surface area contributed by atoms with Gasteiger partial charge in [0.25, 0.3) is 0 Å². The molecule has 68 heavy (non-hydrogen) atoms. The van der Waals surface area contributed by atoms with E-state index in [0.29, 0.717) is 0 Å². The van der Waals surface area contributed by atoms with Crippen LogP contribution >= 0.6 is 0 Å². The van der Waals surface area contributed by atoms with E-state index in [0.717, 1.165) is 0 Å². The molecule has 56 heteroatoms. The maximum Gasteiger partial charge on any atom is 1.00 e. The molecule has 0 aromatic heterocycles. The molecule has 1 aliphatic rings. The SMILES string of the molecule is O=S([O-])O[C@@H]1[C@H](OS(=O)(=O)[O-])[C@@H](OS(=O)(=O)[O-])[C@H](O[C@@H]([C@H](OS(=O)(=O)[O-])[C@H](COS(=O)(=O)[O-])OS(=O)(=O)[O-])[C@@H](COS(=O)(=O)[O-])OS(=O)(=O)[O-])O[C@@H]1COS(=O)(=O)[O-].[K+].[K+].[K+].[K+].[K+].[K+].[K+].[K+].[K+].[OH-]. The first-order valence-electron chi connectivity index (χ1n) is 12.6. The van der Waals surface area contributed by atoms with E-state index in [1.54, 1.807) is 0 Å². The standard InChI is InChI=1S/C12H24O37S9.9K.H2O/c13-50(14)44-8-4(1-39-51(15,16)17)42-12(11(49-58(36,37)38)10(8)48-57(33,34)35)43-7(5(45-54(24,25)26)2-40-52(18,19)20)9(47-56(30,31)32)6(46-55(27,28)29)3-41-53(21,22)23;;;;;;;;;;/h4-12H,1-3H2,(H,13,14)(H,15,16,17)(H,18,19,20)(H,21,22,23)(H,24,25,26)(H,27,28,29)(H,30,31,32)(H,33,34,35)(H,36,37,38);;;;;;;;;;1H2/q;9*+1;/p-10/t4-,5-,6+,7-,8+,9-,10+,11-,12+;;;;;;;;;;/m1........../s1. The van der Waals surface area contributed by atoms with Crippen molar-refractivity contribution in [2.75, 3.05) is 19.8 Å². The molecule has 1 rings (SSSR count). The van der Waals surface area contributed by atoms with Crippen molar-refractivity contribution < 1.29 is 628 Å². The molecule has 38 nitrogen and oxygen atoms in total. The van der Waals surface area contributed by atoms with E-state index in [-0.39, 0.29) is 468 Å². The van der Waals surface area contributed by atoms with Crippen molar-refractivity contribution in [3.8, 4) is 0 Å². The fourth-order valence-electron chi connectivity index (χ4n) is 3.92. The molecule has 1 fully saturated rings. The Kier molecular flexibility index (Phi) is 69.7. The Morgan fingerprint density at radius 3 is 1.06 bits per heavy atom. The summed E-state index contributed by atoms with van der Waals surface area (Å²) in [7, 11) is -51.8. The average molecular weight is 1410 g/mol. The first-order chi connectivity index (χ1) is 25.5. The zero-order valence-corrected chi connectivity index (χ0v) is 71.0. The Bertz CT molecular complexity index is 2370. The fourth-order valence-corrected chi connectivity index (χ4v) is 7.64. The topological polar surface area (TPSA) is 629 Å². The Balaban J connectivity index is -0.000000420. The van der Waals surface area contributed by atoms with Crippen LogP contribution in [0, 0.1) is 0 Å². The Labute approximate surface area is 773 Å². The quantitative estimate of drug-likeness (QED) is 0.0336. The molecule has 0 saturated carbocycles. The summed E-state index contributed by atoms with van der Waals surface area (Å²) in [5.41, 5.74) is 0. The summed E-state index contributed by atoms with van der Waals surface area (Å²) in [4.78, 5) is 0. The van der Waals surface area contributed by atoms with E-state index in [4.69, 9.17) is 9.47 Å². The molecule has 0 aromatic rings. The van der Waals surface area contributed by atoms with Crippen molar-refractivity contribution in [3.63, 3.8) is 0 Å². The second kappa shape index (κ2) is 45.8. The van der Waals surface area contributed by atoms with Crippen LogP contribution in [0.5, 0.6) is 0 Å². The van der Waals surface area contributed by atoms with Crippen LogP contribution in [0.25, 0.3) is 0 Å². The van der Waals surface area contributed by atoms with E-state index in [9.17, 15) is 113 Å². The summed E-state index contributed by atoms with van der Waals surface area (Å²) in [5, 5.41) is 0. The third kappa shape index (κ3) is 52.7. The molecule has 0 aliphatic carbocycles. The van der Waals surface area contributed by atoms with Gasteiger partial charge in [0, 0.05) is 0 Å². The number of rotatable bonds is 26. The van der Waals surface area contributed by atoms with Crippen LogP contribution in [0.15, 0.2) is 0 Å². The average Bonchev–Trinajstić information content (AvgIpc) is 2.92. The van der Waals surface area contributed by atoms with Crippen LogP contribution in [-0.4, -0.2) is 193 Å². The van der Waals surface area contributed by atoms with Crippen molar-refractivity contribution in [2.45, 2.75) is 55.1 Å². The smallest absolute Gasteiger partial charge is 0.870 e. The molecule has 1 unspecified atom stereocenters. The Morgan fingerprint density at radius 2 is 0.765 bits per heavy atom. The summed E-state index contributed by atoms with van der Waals surface area (Å²) in [6.45, 7) is -7.14. The van der Waals surface area contributed by atoms with Gasteiger partial charge < -0.3 is 55.9 Å². The van der Waals surface area contributed by atoms with Crippen LogP contribution in [-0.2, 0) is 142 Å². The van der Waals surface area contributed by atoms with Crippen molar-refractivity contribution in [1.29, 1.82) is 0 Å². The minimum atomic E-state index is -6.79. The minimum Gasteiger partial charge on any atom is -0.870 e. The third-order valence-corrected chi connectivity index (χ3v) is 9.42. The van der Waals surface area contributed by atoms with E-state index in [2.05, 4.69) is 37.6 Å². The van der Waals surface area contributed by atoms with E-state index >= 15 is 0 Å². The van der Waals surface area contributed by atoms with Crippen LogP contribution in [0.3, 0.4) is 0 Å². The second-order valence-corrected chi connectivity index (χ2v) is 18.3. The van der Waals surface area contributed by atoms with Crippen LogP contribution in [0.2, 0.25) is 0 Å². The first-order valence-corrected chi connectivity index (χ1v) is 24.3. The minimum absolute atomic E-state index is 0. The number of ether oxygens (including phenoxy) is 2. The molecule has 0 bridgehead atoms. The molecular formula is C12H16K9O38S9-. The summed E-state index contributed by atoms with van der Waals surface area (Å²) in [6, 6.07) is 0. The van der Waals surface area contributed by atoms with Gasteiger partial charge in [0.1, 0.15) is 42.7 Å². The predicted octanol–water partition coefficient (Wildman–Crippen LogP) is -37.2. The van der Waals surface area contributed by atoms with Gasteiger partial charge in [-0.2, -0.15) is 0 Å². The van der Waals surface area contributed by atoms with Crippen LogP contribution in [0.4, 0.5) is 0 Å². The van der Waals surface area contributed by atoms with Gasteiger partial charge in [-0.05, 0) is 0 Å². The molecule has 1 aliphatic heterocycles. The monoisotopic (exact) mass is 1410 g/mol. The van der Waals surface area contributed by atoms with Gasteiger partial charge in [0.15, 0.2) is 12.4 Å². The number of hydrogen-bond donors (Lipinski definition) is 0. The molecular weight excluding hydrogens is 1390 g/mol. The Morgan fingerprint density at radius 1 is 0.441 bits per heavy atom. The van der Waals surface area contributed by atoms with E-state index in [1.807, 2.05) is 0 Å². The molecule has 356 valence electrons. The van der Waals surface area contributed by atoms with Gasteiger partial charge in [-0.15, -0.1) is 0 Å². The second-order valence-electron chi connectivity index (χ2n) is 9.48. The van der Waals surface area contributed by atoms with Crippen molar-refractivity contribution in [2.24, 2.45) is 0 Å². The maximum absolute atomic E-state index is 11.8. The molecule has 0 aromatic carbocycles. The van der Waals surface area contributed by atoms with Gasteiger partial charge >= 0.3 is 462 Å². The summed E-state index contributed by atoms with van der Waals surface area (Å²) in [5.74, 6) is 0. The molecule has 0 amide bonds. The zero-order chi connectivity index (χ0) is 45.7. The molecule has 0 radical (unpaired) electrons. The number of hydrogen-bond acceptors (Lipinski definition) is 38. The van der Waals surface area contributed by atoms with Gasteiger partial charge in [-0.25, -0.2) is 71.6 Å². The van der Waals surface area contributed by atoms with Gasteiger partial charge in [0.2, 0.25) is 83.2 Å². The normalized spacial score (nSPS) is 21.1. The Hall–Kier alpha value is 13.6. The fraction of sp³-hybridized carbons (Fsp3) is 1.00. The van der Waals surface area contributed by atoms with Crippen molar-refractivity contribution in [1.82, 2.24) is 0 Å². The largest absolute Gasteiger partial charge is 1.00 e. The van der Waals surface area contributed by atoms with E-state index in [1.165, 1.54) is 0 Å². The van der Waals surface area contributed by atoms with Gasteiger partial charge in [-0.3, -0.25) is 37.6 Å². The zero-order valence-electron chi connectivity index (χ0n) is 35.5. The molecule has 1 saturated heterocycles. The molecule has 1 heterocycles. The molecule has 10 atom stereocenters. The maximum atomic E-state index is 11.8. The predicted molar refractivity (Wildman–Crippen MR) is 149 cm³/mol. The summed E-state index contributed by atoms with van der Waals surface area (Å²) >= 11 is -4.14. The summed E-state index contributed by atoms with van der Waals surface area (Å²) in [6.07, 6.45) is -32.6. The first kappa shape index (κ1) is 103.